The number of fused-ring (bicyclic) bond motifs is 6. The van der Waals surface area contributed by atoms with Crippen LogP contribution in [-0.4, -0.2) is 11.8 Å². The van der Waals surface area contributed by atoms with E-state index in [1.807, 2.05) is 0 Å². The molecule has 1 fully saturated rings. The van der Waals surface area contributed by atoms with E-state index in [-0.39, 0.29) is 10.3 Å². The van der Waals surface area contributed by atoms with Crippen molar-refractivity contribution in [3.63, 3.8) is 0 Å². The molecular formula is C66H49NS. The summed E-state index contributed by atoms with van der Waals surface area (Å²) in [5, 5.41) is 15.4. The maximum absolute atomic E-state index is 2.71. The Morgan fingerprint density at radius 1 is 0.382 bits per heavy atom. The number of nitrogens with zero attached hydrogens (tertiary/aromatic N) is 1. The molecule has 1 heterocycles. The molecule has 12 aromatic carbocycles. The fourth-order valence-corrected chi connectivity index (χ4v) is 14.6. The van der Waals surface area contributed by atoms with E-state index in [0.29, 0.717) is 0 Å². The molecule has 0 aromatic heterocycles. The van der Waals surface area contributed by atoms with Crippen molar-refractivity contribution in [2.75, 3.05) is 11.2 Å². The topological polar surface area (TPSA) is 3.24 Å². The summed E-state index contributed by atoms with van der Waals surface area (Å²) < 4.78 is -0.0462. The molecule has 2 aliphatic rings. The van der Waals surface area contributed by atoms with E-state index in [4.69, 9.17) is 0 Å². The second kappa shape index (κ2) is 15.1. The molecule has 0 N–H and O–H groups in total. The summed E-state index contributed by atoms with van der Waals surface area (Å²) in [7, 11) is 0. The first kappa shape index (κ1) is 39.7. The average molecular weight is 888 g/mol. The maximum atomic E-state index is 2.71. The summed E-state index contributed by atoms with van der Waals surface area (Å²) in [4.78, 5) is 2.71. The zero-order chi connectivity index (χ0) is 45.1. The Labute approximate surface area is 402 Å². The van der Waals surface area contributed by atoms with E-state index in [9.17, 15) is 0 Å². The van der Waals surface area contributed by atoms with Gasteiger partial charge in [-0.1, -0.05) is 189 Å². The van der Waals surface area contributed by atoms with E-state index in [1.54, 1.807) is 0 Å². The molecule has 1 nitrogen and oxygen atoms in total. The zero-order valence-electron chi connectivity index (χ0n) is 38.4. The number of benzene rings is 12. The fourth-order valence-electron chi connectivity index (χ4n) is 13.2. The molecule has 324 valence electrons. The van der Waals surface area contributed by atoms with E-state index < -0.39 is 0 Å². The third kappa shape index (κ3) is 5.53. The smallest absolute Gasteiger partial charge is 0.0658 e. The van der Waals surface area contributed by atoms with Gasteiger partial charge < -0.3 is 4.90 Å². The molecule has 0 spiro atoms. The lowest BCUT2D eigenvalue weighted by molar-refractivity contribution is 0.262. The minimum atomic E-state index is -0.0558. The summed E-state index contributed by atoms with van der Waals surface area (Å²) in [6, 6.07) is 80.6. The molecule has 2 heteroatoms. The van der Waals surface area contributed by atoms with Gasteiger partial charge in [0.25, 0.3) is 0 Å². The van der Waals surface area contributed by atoms with E-state index in [2.05, 4.69) is 242 Å². The number of anilines is 2. The van der Waals surface area contributed by atoms with Crippen LogP contribution < -0.4 is 4.90 Å². The fraction of sp³-hybridized carbons (Fsp3) is 0.121. The second-order valence-corrected chi connectivity index (χ2v) is 20.6. The van der Waals surface area contributed by atoms with Crippen LogP contribution in [-0.2, 0) is 4.75 Å². The molecule has 12 aromatic rings. The summed E-state index contributed by atoms with van der Waals surface area (Å²) >= 11 is 2.08. The summed E-state index contributed by atoms with van der Waals surface area (Å²) in [6.07, 6.45) is 7.18. The summed E-state index contributed by atoms with van der Waals surface area (Å²) in [5.74, 6) is 0. The van der Waals surface area contributed by atoms with Gasteiger partial charge in [-0.15, -0.1) is 0 Å². The molecule has 1 saturated carbocycles. The van der Waals surface area contributed by atoms with Crippen LogP contribution in [0.25, 0.3) is 109 Å². The molecule has 0 radical (unpaired) electrons. The lowest BCUT2D eigenvalue weighted by Gasteiger charge is -2.51. The first-order valence-electron chi connectivity index (χ1n) is 24.3. The van der Waals surface area contributed by atoms with Gasteiger partial charge in [-0.25, -0.2) is 0 Å². The van der Waals surface area contributed by atoms with Gasteiger partial charge in [-0.05, 0) is 177 Å². The highest BCUT2D eigenvalue weighted by molar-refractivity contribution is 7.99. The Hall–Kier alpha value is -7.39. The van der Waals surface area contributed by atoms with Crippen LogP contribution in [0.4, 0.5) is 11.4 Å². The predicted molar refractivity (Wildman–Crippen MR) is 295 cm³/mol. The third-order valence-electron chi connectivity index (χ3n) is 16.3. The lowest BCUT2D eigenvalue weighted by Crippen LogP contribution is -2.54. The predicted octanol–water partition coefficient (Wildman–Crippen LogP) is 18.8. The molecular weight excluding hydrogens is 839 g/mol. The SMILES string of the molecule is CSC12CCCCC1(C)N(c1ccccc1)c1ccc(-c3cc(-c4cccc5ccccc45)c4ccc5c(-c6cccc7ccccc67)cc(-c6cccc7ccccc67)c6ccc3c4c65)cc12. The van der Waals surface area contributed by atoms with Crippen LogP contribution in [0.3, 0.4) is 0 Å². The summed E-state index contributed by atoms with van der Waals surface area (Å²) in [5.41, 5.74) is 14.2. The van der Waals surface area contributed by atoms with Crippen LogP contribution in [0.1, 0.15) is 38.2 Å². The van der Waals surface area contributed by atoms with Gasteiger partial charge in [0.05, 0.1) is 10.3 Å². The Bertz CT molecular complexity index is 3880. The molecule has 2 unspecified atom stereocenters. The van der Waals surface area contributed by atoms with E-state index in [0.717, 1.165) is 12.8 Å². The third-order valence-corrected chi connectivity index (χ3v) is 17.9. The van der Waals surface area contributed by atoms with Crippen molar-refractivity contribution in [1.29, 1.82) is 0 Å². The number of para-hydroxylation sites is 1. The largest absolute Gasteiger partial charge is 0.334 e. The van der Waals surface area contributed by atoms with Crippen LogP contribution >= 0.6 is 11.8 Å². The van der Waals surface area contributed by atoms with Crippen molar-refractivity contribution in [3.8, 4) is 44.5 Å². The highest BCUT2D eigenvalue weighted by atomic mass is 32.2. The number of hydrogen-bond acceptors (Lipinski definition) is 2. The Balaban J connectivity index is 1.13. The van der Waals surface area contributed by atoms with Crippen molar-refractivity contribution in [2.24, 2.45) is 0 Å². The monoisotopic (exact) mass is 887 g/mol. The highest BCUT2D eigenvalue weighted by Crippen LogP contribution is 2.65. The Morgan fingerprint density at radius 3 is 1.34 bits per heavy atom. The Kier molecular flexibility index (Phi) is 8.80. The van der Waals surface area contributed by atoms with E-state index in [1.165, 1.54) is 139 Å². The van der Waals surface area contributed by atoms with Crippen molar-refractivity contribution in [3.05, 3.63) is 218 Å². The Morgan fingerprint density at radius 2 is 0.824 bits per heavy atom. The highest BCUT2D eigenvalue weighted by Gasteiger charge is 2.60. The first-order valence-corrected chi connectivity index (χ1v) is 25.6. The van der Waals surface area contributed by atoms with Gasteiger partial charge in [0, 0.05) is 11.4 Å². The minimum Gasteiger partial charge on any atom is -0.334 e. The molecule has 0 bridgehead atoms. The van der Waals surface area contributed by atoms with Crippen molar-refractivity contribution < 1.29 is 0 Å². The van der Waals surface area contributed by atoms with E-state index >= 15 is 0 Å². The number of rotatable bonds is 6. The molecule has 14 rings (SSSR count). The zero-order valence-corrected chi connectivity index (χ0v) is 39.2. The summed E-state index contributed by atoms with van der Waals surface area (Å²) in [6.45, 7) is 2.55. The van der Waals surface area contributed by atoms with Crippen LogP contribution in [0.2, 0.25) is 0 Å². The standard InChI is InChI=1S/C66H49NS/c1-65-37-12-13-38-66(65,68-2)61-39-45(31-36-62(61)67(65)46-23-4-3-5-24-46)57-40-58(50-28-14-20-42-17-6-9-25-47(42)50)54-34-35-56-60(52-30-16-22-44-19-8-11-27-49(44)52)41-59(55-33-32-53(57)63(54)64(55)56)51-29-15-21-43-18-7-10-26-48(43)51/h3-11,14-36,39-41H,12-13,37-38H2,1-2H3. The van der Waals surface area contributed by atoms with Gasteiger partial charge in [0.15, 0.2) is 0 Å². The van der Waals surface area contributed by atoms with Crippen LogP contribution in [0, 0.1) is 0 Å². The van der Waals surface area contributed by atoms with Crippen molar-refractivity contribution in [1.82, 2.24) is 0 Å². The average Bonchev–Trinajstić information content (AvgIpc) is 3.64. The molecule has 1 aliphatic carbocycles. The van der Waals surface area contributed by atoms with Crippen LogP contribution in [0.5, 0.6) is 0 Å². The first-order chi connectivity index (χ1) is 33.5. The van der Waals surface area contributed by atoms with Crippen molar-refractivity contribution >= 4 is 87.8 Å². The van der Waals surface area contributed by atoms with Gasteiger partial charge in [-0.2, -0.15) is 11.8 Å². The molecule has 2 atom stereocenters. The van der Waals surface area contributed by atoms with Crippen molar-refractivity contribution in [2.45, 2.75) is 42.9 Å². The molecule has 0 amide bonds. The number of thioether (sulfide) groups is 1. The second-order valence-electron chi connectivity index (χ2n) is 19.5. The molecule has 68 heavy (non-hydrogen) atoms. The van der Waals surface area contributed by atoms with Gasteiger partial charge in [0.2, 0.25) is 0 Å². The number of hydrogen-bond donors (Lipinski definition) is 0. The van der Waals surface area contributed by atoms with Gasteiger partial charge >= 0.3 is 0 Å². The van der Waals surface area contributed by atoms with Crippen LogP contribution in [0.15, 0.2) is 212 Å². The van der Waals surface area contributed by atoms with Gasteiger partial charge in [-0.3, -0.25) is 0 Å². The molecule has 1 aliphatic heterocycles. The lowest BCUT2D eigenvalue weighted by atomic mass is 9.71. The quantitative estimate of drug-likeness (QED) is 0.153. The molecule has 0 saturated heterocycles. The normalized spacial score (nSPS) is 18.1. The minimum absolute atomic E-state index is 0.0462. The van der Waals surface area contributed by atoms with Gasteiger partial charge in [0.1, 0.15) is 0 Å². The maximum Gasteiger partial charge on any atom is 0.0658 e.